The van der Waals surface area contributed by atoms with Crippen molar-refractivity contribution in [2.45, 2.75) is 76.2 Å². The van der Waals surface area contributed by atoms with Gasteiger partial charge in [0.2, 0.25) is 11.8 Å². The predicted octanol–water partition coefficient (Wildman–Crippen LogP) is 5.00. The van der Waals surface area contributed by atoms with Gasteiger partial charge < -0.3 is 24.5 Å². The van der Waals surface area contributed by atoms with E-state index in [1.165, 1.54) is 4.90 Å². The Hall–Kier alpha value is -3.83. The minimum atomic E-state index is -3.01. The lowest BCUT2D eigenvalue weighted by atomic mass is 9.64. The zero-order valence-corrected chi connectivity index (χ0v) is 29.5. The van der Waals surface area contributed by atoms with Gasteiger partial charge in [-0.25, -0.2) is 0 Å². The molecule has 0 radical (unpaired) electrons. The van der Waals surface area contributed by atoms with Crippen LogP contribution >= 0.6 is 0 Å². The second-order valence-corrected chi connectivity index (χ2v) is 19.2. The number of ether oxygens (including phenoxy) is 1. The van der Waals surface area contributed by atoms with Crippen molar-refractivity contribution in [1.29, 1.82) is 0 Å². The minimum Gasteiger partial charge on any atom is -0.508 e. The number of likely N-dealkylation sites (tertiary alicyclic amines) is 1. The predicted molar refractivity (Wildman–Crippen MR) is 186 cm³/mol. The first-order valence-corrected chi connectivity index (χ1v) is 19.3. The number of rotatable bonds is 12. The molecule has 0 unspecified atom stereocenters. The van der Waals surface area contributed by atoms with Crippen LogP contribution in [0.25, 0.3) is 0 Å². The van der Waals surface area contributed by atoms with Gasteiger partial charge in [0.25, 0.3) is 8.32 Å². The van der Waals surface area contributed by atoms with E-state index in [1.807, 2.05) is 42.5 Å². The third-order valence-corrected chi connectivity index (χ3v) is 15.9. The molecule has 1 saturated carbocycles. The average molecular weight is 686 g/mol. The van der Waals surface area contributed by atoms with E-state index in [-0.39, 0.29) is 48.6 Å². The molecule has 0 bridgehead atoms. The fourth-order valence-electron chi connectivity index (χ4n) is 8.60. The number of aromatic hydroxyl groups is 1. The smallest absolute Gasteiger partial charge is 0.303 e. The first-order valence-electron chi connectivity index (χ1n) is 17.4. The van der Waals surface area contributed by atoms with Crippen molar-refractivity contribution in [2.75, 3.05) is 13.2 Å². The van der Waals surface area contributed by atoms with Crippen molar-refractivity contribution in [2.24, 2.45) is 23.7 Å². The van der Waals surface area contributed by atoms with Crippen molar-refractivity contribution in [3.63, 3.8) is 0 Å². The fourth-order valence-corrected chi connectivity index (χ4v) is 13.2. The number of benzene rings is 3. The van der Waals surface area contributed by atoms with Crippen molar-refractivity contribution >= 4 is 36.5 Å². The molecule has 2 heterocycles. The van der Waals surface area contributed by atoms with E-state index in [2.05, 4.69) is 45.0 Å². The maximum Gasteiger partial charge on any atom is 0.303 e. The van der Waals surface area contributed by atoms with Gasteiger partial charge in [0.15, 0.2) is 5.79 Å². The number of carbonyl (C=O) groups excluding carboxylic acids is 2. The van der Waals surface area contributed by atoms with Crippen molar-refractivity contribution in [1.82, 2.24) is 4.90 Å². The van der Waals surface area contributed by atoms with Crippen LogP contribution in [0.15, 0.2) is 84.9 Å². The van der Waals surface area contributed by atoms with Gasteiger partial charge in [0.05, 0.1) is 17.9 Å². The number of nitrogens with zero attached hydrogens (tertiary/aromatic N) is 1. The molecule has 2 aliphatic heterocycles. The van der Waals surface area contributed by atoms with Gasteiger partial charge in [0, 0.05) is 31.4 Å². The normalized spacial score (nSPS) is 26.9. The second-order valence-electron chi connectivity index (χ2n) is 14.9. The molecular weight excluding hydrogens is 639 g/mol. The van der Waals surface area contributed by atoms with Gasteiger partial charge >= 0.3 is 5.97 Å². The highest BCUT2D eigenvalue weighted by Crippen LogP contribution is 2.58. The second kappa shape index (κ2) is 13.8. The first-order chi connectivity index (χ1) is 23.4. The number of aliphatic carboxylic acids is 1. The summed E-state index contributed by atoms with van der Waals surface area (Å²) >= 11 is 0. The maximum atomic E-state index is 14.0. The van der Waals surface area contributed by atoms with Gasteiger partial charge in [-0.1, -0.05) is 100.0 Å². The van der Waals surface area contributed by atoms with E-state index in [0.29, 0.717) is 31.2 Å². The molecule has 0 spiro atoms. The van der Waals surface area contributed by atoms with Crippen LogP contribution in [0.1, 0.15) is 71.0 Å². The van der Waals surface area contributed by atoms with Gasteiger partial charge in [-0.05, 0) is 58.8 Å². The SMILES string of the molecule is CC(C)(C)[Si](OC[C@H]1C[C@@H]2C(=O)N(CCCCCC(=O)O)C(=O)[C@@H]2[C@@H]2C[C@@H](c3cccc(O)c3)O[C@]12O)(c1ccccc1)c1ccccc1. The molecule has 3 fully saturated rings. The van der Waals surface area contributed by atoms with Crippen molar-refractivity contribution < 1.29 is 38.9 Å². The average Bonchev–Trinajstić information content (AvgIpc) is 3.55. The quantitative estimate of drug-likeness (QED) is 0.138. The standard InChI is InChI=1S/C39H47NO8Si/c1-38(2,3)49(29-16-7-4-8-17-29,30-18-9-5-10-19-30)47-25-27-23-31-35(37(45)40(36(31)44)21-12-6-11-20-34(42)43)32-24-33(48-39(27,32)46)26-14-13-15-28(41)22-26/h4-5,7-10,13-19,22,27,31-33,35,41,46H,6,11-12,20-21,23-25H2,1-3H3,(H,42,43)/t27-,31+,32+,33+,35+,39-/m1/s1. The number of aliphatic hydroxyl groups is 1. The number of phenolic OH excluding ortho intramolecular Hbond substituents is 1. The Labute approximate surface area is 289 Å². The molecule has 3 aliphatic rings. The van der Waals surface area contributed by atoms with Gasteiger partial charge in [-0.2, -0.15) is 0 Å². The lowest BCUT2D eigenvalue weighted by Gasteiger charge is -2.48. The van der Waals surface area contributed by atoms with Crippen molar-refractivity contribution in [3.8, 4) is 5.75 Å². The Balaban J connectivity index is 1.35. The Bertz CT molecular complexity index is 1620. The molecule has 3 aromatic rings. The highest BCUT2D eigenvalue weighted by atomic mass is 28.4. The molecule has 2 amide bonds. The molecule has 6 rings (SSSR count). The third-order valence-electron chi connectivity index (χ3n) is 10.9. The summed E-state index contributed by atoms with van der Waals surface area (Å²) in [6.45, 7) is 6.89. The number of phenols is 1. The van der Waals surface area contributed by atoms with Crippen LogP contribution in [-0.4, -0.2) is 65.3 Å². The Morgan fingerprint density at radius 1 is 0.918 bits per heavy atom. The summed E-state index contributed by atoms with van der Waals surface area (Å²) in [4.78, 5) is 40.3. The zero-order chi connectivity index (χ0) is 35.0. The van der Waals surface area contributed by atoms with Crippen LogP contribution in [0.4, 0.5) is 0 Å². The summed E-state index contributed by atoms with van der Waals surface area (Å²) in [5.41, 5.74) is 0.693. The van der Waals surface area contributed by atoms with Gasteiger partial charge in [-0.15, -0.1) is 0 Å². The molecule has 0 aromatic heterocycles. The maximum absolute atomic E-state index is 14.0. The van der Waals surface area contributed by atoms with Crippen LogP contribution < -0.4 is 10.4 Å². The molecule has 49 heavy (non-hydrogen) atoms. The summed E-state index contributed by atoms with van der Waals surface area (Å²) in [7, 11) is -3.01. The van der Waals surface area contributed by atoms with E-state index < -0.39 is 49.8 Å². The van der Waals surface area contributed by atoms with Crippen LogP contribution in [0, 0.1) is 23.7 Å². The summed E-state index contributed by atoms with van der Waals surface area (Å²) in [6.07, 6.45) is 1.56. The Morgan fingerprint density at radius 3 is 2.16 bits per heavy atom. The summed E-state index contributed by atoms with van der Waals surface area (Å²) < 4.78 is 13.9. The van der Waals surface area contributed by atoms with E-state index in [1.54, 1.807) is 18.2 Å². The van der Waals surface area contributed by atoms with Crippen molar-refractivity contribution in [3.05, 3.63) is 90.5 Å². The number of hydrogen-bond donors (Lipinski definition) is 3. The highest BCUT2D eigenvalue weighted by Gasteiger charge is 2.67. The molecule has 3 N–H and O–H groups in total. The number of carbonyl (C=O) groups is 3. The number of hydrogen-bond acceptors (Lipinski definition) is 7. The number of amides is 2. The highest BCUT2D eigenvalue weighted by molar-refractivity contribution is 6.99. The van der Waals surface area contributed by atoms with Crippen LogP contribution in [0.2, 0.25) is 5.04 Å². The van der Waals surface area contributed by atoms with E-state index in [4.69, 9.17) is 14.3 Å². The number of fused-ring (bicyclic) bond motifs is 3. The van der Waals surface area contributed by atoms with Gasteiger partial charge in [-0.3, -0.25) is 19.3 Å². The number of carboxylic acid groups (broad SMARTS) is 1. The zero-order valence-electron chi connectivity index (χ0n) is 28.5. The number of imide groups is 1. The summed E-state index contributed by atoms with van der Waals surface area (Å²) in [5.74, 6) is -5.75. The summed E-state index contributed by atoms with van der Waals surface area (Å²) in [6, 6.07) is 27.2. The van der Waals surface area contributed by atoms with E-state index in [0.717, 1.165) is 10.4 Å². The first kappa shape index (κ1) is 35.0. The Morgan fingerprint density at radius 2 is 1.57 bits per heavy atom. The number of carboxylic acids is 1. The van der Waals surface area contributed by atoms with Crippen LogP contribution in [0.5, 0.6) is 5.75 Å². The van der Waals surface area contributed by atoms with E-state index in [9.17, 15) is 24.6 Å². The molecular formula is C39H47NO8Si. The third kappa shape index (κ3) is 6.47. The fraction of sp³-hybridized carbons (Fsp3) is 0.462. The molecule has 9 nitrogen and oxygen atoms in total. The van der Waals surface area contributed by atoms with E-state index >= 15 is 0 Å². The van der Waals surface area contributed by atoms with Crippen LogP contribution in [0.3, 0.4) is 0 Å². The lowest BCUT2D eigenvalue weighted by molar-refractivity contribution is -0.273. The molecule has 1 aliphatic carbocycles. The molecule has 10 heteroatoms. The lowest BCUT2D eigenvalue weighted by Crippen LogP contribution is -2.67. The largest absolute Gasteiger partial charge is 0.508 e. The molecule has 260 valence electrons. The number of unbranched alkanes of at least 4 members (excludes halogenated alkanes) is 2. The minimum absolute atomic E-state index is 0.0447. The molecule has 6 atom stereocenters. The summed E-state index contributed by atoms with van der Waals surface area (Å²) in [5, 5.41) is 33.8. The monoisotopic (exact) mass is 685 g/mol. The molecule has 2 saturated heterocycles. The Kier molecular flexibility index (Phi) is 9.87. The van der Waals surface area contributed by atoms with Gasteiger partial charge in [0.1, 0.15) is 5.75 Å². The molecule has 3 aromatic carbocycles. The topological polar surface area (TPSA) is 134 Å². The van der Waals surface area contributed by atoms with Crippen LogP contribution in [-0.2, 0) is 23.5 Å².